The van der Waals surface area contributed by atoms with Crippen LogP contribution >= 0.6 is 0 Å². The summed E-state index contributed by atoms with van der Waals surface area (Å²) in [5.74, 6) is 0.811. The zero-order valence-electron chi connectivity index (χ0n) is 8.64. The highest BCUT2D eigenvalue weighted by atomic mass is 16.4. The van der Waals surface area contributed by atoms with Crippen LogP contribution in [0.1, 0.15) is 17.9 Å². The summed E-state index contributed by atoms with van der Waals surface area (Å²) in [5.41, 5.74) is 0.760. The maximum Gasteiger partial charge on any atom is 0.303 e. The van der Waals surface area contributed by atoms with Crippen LogP contribution in [0.5, 0.6) is 0 Å². The molecule has 2 aromatic rings. The van der Waals surface area contributed by atoms with E-state index in [1.807, 2.05) is 18.5 Å². The Morgan fingerprint density at radius 2 is 2.33 bits per heavy atom. The molecular weight excluding hydrogens is 196 g/mol. The SMILES string of the molecule is Cc1nn2cc(CCC(=O)O)nc2n1C. The van der Waals surface area contributed by atoms with Gasteiger partial charge in [0.2, 0.25) is 5.78 Å². The normalized spacial score (nSPS) is 11.1. The Bertz CT molecular complexity index is 511. The van der Waals surface area contributed by atoms with E-state index in [1.165, 1.54) is 0 Å². The summed E-state index contributed by atoms with van der Waals surface area (Å²) >= 11 is 0. The van der Waals surface area contributed by atoms with Crippen molar-refractivity contribution in [3.05, 3.63) is 17.7 Å². The number of carbonyl (C=O) groups is 1. The van der Waals surface area contributed by atoms with Crippen molar-refractivity contribution in [2.75, 3.05) is 0 Å². The van der Waals surface area contributed by atoms with E-state index in [9.17, 15) is 4.79 Å². The van der Waals surface area contributed by atoms with Gasteiger partial charge in [-0.15, -0.1) is 0 Å². The second-order valence-corrected chi connectivity index (χ2v) is 3.48. The molecule has 0 aromatic carbocycles. The number of carboxylic acids is 1. The van der Waals surface area contributed by atoms with Gasteiger partial charge >= 0.3 is 5.97 Å². The van der Waals surface area contributed by atoms with Crippen LogP contribution in [-0.2, 0) is 18.3 Å². The van der Waals surface area contributed by atoms with Gasteiger partial charge in [-0.05, 0) is 6.92 Å². The van der Waals surface area contributed by atoms with Crippen molar-refractivity contribution in [1.29, 1.82) is 0 Å². The predicted octanol–water partition coefficient (Wildman–Crippen LogP) is 0.393. The fourth-order valence-electron chi connectivity index (χ4n) is 1.43. The van der Waals surface area contributed by atoms with E-state index in [1.54, 1.807) is 10.7 Å². The fraction of sp³-hybridized carbons (Fsp3) is 0.444. The number of rotatable bonds is 3. The average molecular weight is 208 g/mol. The van der Waals surface area contributed by atoms with Gasteiger partial charge in [0.05, 0.1) is 18.3 Å². The topological polar surface area (TPSA) is 72.4 Å². The average Bonchev–Trinajstić information content (AvgIpc) is 2.66. The molecule has 6 heteroatoms. The van der Waals surface area contributed by atoms with Crippen molar-refractivity contribution < 1.29 is 9.90 Å². The number of hydrogen-bond acceptors (Lipinski definition) is 3. The van der Waals surface area contributed by atoms with Gasteiger partial charge in [0, 0.05) is 13.5 Å². The first-order valence-corrected chi connectivity index (χ1v) is 4.67. The van der Waals surface area contributed by atoms with Gasteiger partial charge in [-0.25, -0.2) is 9.50 Å². The molecule has 0 amide bonds. The van der Waals surface area contributed by atoms with E-state index in [4.69, 9.17) is 5.11 Å². The molecule has 1 N–H and O–H groups in total. The molecular formula is C9H12N4O2. The Labute approximate surface area is 86.2 Å². The van der Waals surface area contributed by atoms with Crippen molar-refractivity contribution in [2.45, 2.75) is 19.8 Å². The van der Waals surface area contributed by atoms with E-state index in [2.05, 4.69) is 10.1 Å². The lowest BCUT2D eigenvalue weighted by atomic mass is 10.2. The van der Waals surface area contributed by atoms with Crippen LogP contribution in [-0.4, -0.2) is 30.2 Å². The maximum atomic E-state index is 10.4. The number of aromatic nitrogens is 4. The number of aryl methyl sites for hydroxylation is 3. The van der Waals surface area contributed by atoms with Crippen molar-refractivity contribution in [2.24, 2.45) is 7.05 Å². The molecule has 0 fully saturated rings. The van der Waals surface area contributed by atoms with Crippen molar-refractivity contribution >= 4 is 11.7 Å². The third kappa shape index (κ3) is 1.70. The minimum atomic E-state index is -0.809. The monoisotopic (exact) mass is 208 g/mol. The van der Waals surface area contributed by atoms with Crippen LogP contribution in [0.2, 0.25) is 0 Å². The molecule has 2 heterocycles. The number of carboxylic acid groups (broad SMARTS) is 1. The van der Waals surface area contributed by atoms with Crippen molar-refractivity contribution in [3.63, 3.8) is 0 Å². The van der Waals surface area contributed by atoms with Crippen molar-refractivity contribution in [3.8, 4) is 0 Å². The first kappa shape index (κ1) is 9.70. The van der Waals surface area contributed by atoms with E-state index in [0.717, 1.165) is 17.3 Å². The molecule has 0 aliphatic heterocycles. The predicted molar refractivity (Wildman–Crippen MR) is 52.7 cm³/mol. The highest BCUT2D eigenvalue weighted by molar-refractivity contribution is 5.67. The van der Waals surface area contributed by atoms with Gasteiger partial charge in [0.1, 0.15) is 5.82 Å². The lowest BCUT2D eigenvalue weighted by Crippen LogP contribution is -1.98. The second-order valence-electron chi connectivity index (χ2n) is 3.48. The molecule has 2 rings (SSSR count). The van der Waals surface area contributed by atoms with Crippen LogP contribution in [0.25, 0.3) is 5.78 Å². The molecule has 6 nitrogen and oxygen atoms in total. The van der Waals surface area contributed by atoms with E-state index in [0.29, 0.717) is 6.42 Å². The van der Waals surface area contributed by atoms with E-state index >= 15 is 0 Å². The highest BCUT2D eigenvalue weighted by Gasteiger charge is 2.09. The quantitative estimate of drug-likeness (QED) is 0.792. The van der Waals surface area contributed by atoms with E-state index in [-0.39, 0.29) is 6.42 Å². The van der Waals surface area contributed by atoms with Gasteiger partial charge in [0.25, 0.3) is 0 Å². The highest BCUT2D eigenvalue weighted by Crippen LogP contribution is 2.07. The first-order valence-electron chi connectivity index (χ1n) is 4.67. The molecule has 0 spiro atoms. The summed E-state index contributed by atoms with van der Waals surface area (Å²) < 4.78 is 3.54. The molecule has 0 radical (unpaired) electrons. The Balaban J connectivity index is 2.28. The number of imidazole rings is 1. The Morgan fingerprint density at radius 1 is 1.60 bits per heavy atom. The molecule has 0 atom stereocenters. The summed E-state index contributed by atoms with van der Waals surface area (Å²) in [7, 11) is 1.88. The van der Waals surface area contributed by atoms with Gasteiger partial charge in [0.15, 0.2) is 0 Å². The Kier molecular flexibility index (Phi) is 2.18. The standard InChI is InChI=1S/C9H12N4O2/c1-6-11-13-5-7(3-4-8(14)15)10-9(13)12(6)2/h5H,3-4H2,1-2H3,(H,14,15). The molecule has 0 aliphatic rings. The van der Waals surface area contributed by atoms with Gasteiger partial charge in [-0.2, -0.15) is 5.10 Å². The maximum absolute atomic E-state index is 10.4. The summed E-state index contributed by atoms with van der Waals surface area (Å²) in [6.45, 7) is 1.89. The Morgan fingerprint density at radius 3 is 2.93 bits per heavy atom. The minimum absolute atomic E-state index is 0.100. The zero-order valence-corrected chi connectivity index (χ0v) is 8.64. The third-order valence-electron chi connectivity index (χ3n) is 2.35. The van der Waals surface area contributed by atoms with Crippen molar-refractivity contribution in [1.82, 2.24) is 19.2 Å². The van der Waals surface area contributed by atoms with Crippen LogP contribution in [0.15, 0.2) is 6.20 Å². The largest absolute Gasteiger partial charge is 0.481 e. The summed E-state index contributed by atoms with van der Waals surface area (Å²) in [6.07, 6.45) is 2.31. The molecule has 0 bridgehead atoms. The summed E-state index contributed by atoms with van der Waals surface area (Å²) in [6, 6.07) is 0. The molecule has 0 saturated heterocycles. The lowest BCUT2D eigenvalue weighted by molar-refractivity contribution is -0.136. The first-order chi connectivity index (χ1) is 7.08. The summed E-state index contributed by atoms with van der Waals surface area (Å²) in [4.78, 5) is 14.7. The molecule has 2 aromatic heterocycles. The number of aliphatic carboxylic acids is 1. The summed E-state index contributed by atoms with van der Waals surface area (Å²) in [5, 5.41) is 12.8. The van der Waals surface area contributed by atoms with Crippen LogP contribution in [0, 0.1) is 6.92 Å². The minimum Gasteiger partial charge on any atom is -0.481 e. The molecule has 0 unspecified atom stereocenters. The molecule has 0 saturated carbocycles. The van der Waals surface area contributed by atoms with Crippen LogP contribution in [0.4, 0.5) is 0 Å². The fourth-order valence-corrected chi connectivity index (χ4v) is 1.43. The van der Waals surface area contributed by atoms with E-state index < -0.39 is 5.97 Å². The Hall–Kier alpha value is -1.85. The zero-order chi connectivity index (χ0) is 11.0. The third-order valence-corrected chi connectivity index (χ3v) is 2.35. The van der Waals surface area contributed by atoms with Gasteiger partial charge in [-0.3, -0.25) is 4.79 Å². The van der Waals surface area contributed by atoms with Crippen LogP contribution < -0.4 is 0 Å². The molecule has 15 heavy (non-hydrogen) atoms. The smallest absolute Gasteiger partial charge is 0.303 e. The van der Waals surface area contributed by atoms with Gasteiger partial charge < -0.3 is 9.67 Å². The molecule has 80 valence electrons. The van der Waals surface area contributed by atoms with Gasteiger partial charge in [-0.1, -0.05) is 0 Å². The lowest BCUT2D eigenvalue weighted by Gasteiger charge is -1.92. The number of hydrogen-bond donors (Lipinski definition) is 1. The number of nitrogens with zero attached hydrogens (tertiary/aromatic N) is 4. The second kappa shape index (κ2) is 3.38. The molecule has 0 aliphatic carbocycles. The number of fused-ring (bicyclic) bond motifs is 1. The van der Waals surface area contributed by atoms with Crippen LogP contribution in [0.3, 0.4) is 0 Å².